The van der Waals surface area contributed by atoms with E-state index >= 15 is 0 Å². The summed E-state index contributed by atoms with van der Waals surface area (Å²) in [7, 11) is 0. The molecule has 5 rings (SSSR count). The zero-order valence-corrected chi connectivity index (χ0v) is 15.6. The smallest absolute Gasteiger partial charge is 0.277 e. The molecule has 0 amide bonds. The lowest BCUT2D eigenvalue weighted by molar-refractivity contribution is 0.241. The van der Waals surface area contributed by atoms with Crippen molar-refractivity contribution in [2.75, 3.05) is 13.2 Å². The summed E-state index contributed by atoms with van der Waals surface area (Å²) in [6.45, 7) is 5.05. The van der Waals surface area contributed by atoms with Crippen molar-refractivity contribution in [1.29, 1.82) is 0 Å². The summed E-state index contributed by atoms with van der Waals surface area (Å²) in [4.78, 5) is 20.1. The fraction of sp³-hybridized carbons (Fsp3) is 0.429. The van der Waals surface area contributed by atoms with Crippen molar-refractivity contribution in [3.63, 3.8) is 0 Å². The molecular weight excluding hydrogens is 340 g/mol. The summed E-state index contributed by atoms with van der Waals surface area (Å²) in [5, 5.41) is 3.27. The normalized spacial score (nSPS) is 17.2. The highest BCUT2D eigenvalue weighted by molar-refractivity contribution is 5.44. The minimum Gasteiger partial charge on any atom is -0.494 e. The molecule has 140 valence electrons. The first-order chi connectivity index (χ1) is 13.2. The summed E-state index contributed by atoms with van der Waals surface area (Å²) in [6.07, 6.45) is 3.23. The molecule has 1 aliphatic heterocycles. The monoisotopic (exact) mass is 364 g/mol. The van der Waals surface area contributed by atoms with Crippen LogP contribution in [-0.2, 0) is 19.5 Å². The Kier molecular flexibility index (Phi) is 4.01. The average Bonchev–Trinajstić information content (AvgIpc) is 3.44. The Morgan fingerprint density at radius 3 is 2.81 bits per heavy atom. The number of H-pyrrole nitrogens is 1. The van der Waals surface area contributed by atoms with E-state index in [1.165, 1.54) is 18.4 Å². The van der Waals surface area contributed by atoms with Crippen molar-refractivity contribution in [3.8, 4) is 5.75 Å². The summed E-state index contributed by atoms with van der Waals surface area (Å²) >= 11 is 0. The number of rotatable bonds is 5. The van der Waals surface area contributed by atoms with Gasteiger partial charge in [-0.25, -0.2) is 9.50 Å². The molecule has 1 saturated carbocycles. The molecule has 1 aliphatic carbocycles. The second-order valence-corrected chi connectivity index (χ2v) is 7.56. The molecule has 3 heterocycles. The topological polar surface area (TPSA) is 62.6 Å². The van der Waals surface area contributed by atoms with E-state index in [9.17, 15) is 4.79 Å². The molecule has 0 radical (unpaired) electrons. The third-order valence-corrected chi connectivity index (χ3v) is 5.52. The number of aromatic amines is 1. The molecule has 6 nitrogen and oxygen atoms in total. The zero-order chi connectivity index (χ0) is 18.4. The predicted octanol–water partition coefficient (Wildman–Crippen LogP) is 2.86. The average molecular weight is 364 g/mol. The van der Waals surface area contributed by atoms with Crippen molar-refractivity contribution in [2.45, 2.75) is 45.2 Å². The first kappa shape index (κ1) is 16.6. The van der Waals surface area contributed by atoms with Crippen LogP contribution in [-0.4, -0.2) is 32.6 Å². The van der Waals surface area contributed by atoms with Gasteiger partial charge in [0.1, 0.15) is 5.75 Å². The standard InChI is InChI=1S/C21H24N4O2/c1-2-27-16-7-3-14(4-8-16)12-24-10-9-18-17(13-24)21(26)25-20(22-18)11-19(23-25)15-5-6-15/h3-4,7-8,11,15,23H,2,5-6,9-10,12-13H2,1H3. The number of benzene rings is 1. The molecule has 1 aromatic carbocycles. The van der Waals surface area contributed by atoms with Crippen LogP contribution in [0.25, 0.3) is 5.65 Å². The molecule has 0 bridgehead atoms. The SMILES string of the molecule is CCOc1ccc(CN2CCc3nc4cc(C5CC5)[nH]n4c(=O)c3C2)cc1. The number of aromatic nitrogens is 3. The Hall–Kier alpha value is -2.60. The number of fused-ring (bicyclic) bond motifs is 2. The number of nitrogens with zero attached hydrogens (tertiary/aromatic N) is 3. The van der Waals surface area contributed by atoms with Gasteiger partial charge >= 0.3 is 0 Å². The third-order valence-electron chi connectivity index (χ3n) is 5.52. The van der Waals surface area contributed by atoms with Crippen LogP contribution in [0.4, 0.5) is 0 Å². The van der Waals surface area contributed by atoms with Crippen molar-refractivity contribution >= 4 is 5.65 Å². The molecule has 3 aromatic rings. The number of hydrogen-bond donors (Lipinski definition) is 1. The van der Waals surface area contributed by atoms with Gasteiger partial charge in [0.25, 0.3) is 5.56 Å². The maximum atomic E-state index is 13.0. The van der Waals surface area contributed by atoms with Crippen LogP contribution in [0.15, 0.2) is 35.1 Å². The van der Waals surface area contributed by atoms with Crippen LogP contribution in [0.5, 0.6) is 5.75 Å². The maximum Gasteiger partial charge on any atom is 0.277 e. The quantitative estimate of drug-likeness (QED) is 0.756. The molecule has 0 spiro atoms. The van der Waals surface area contributed by atoms with Gasteiger partial charge in [0, 0.05) is 43.7 Å². The minimum absolute atomic E-state index is 0.0540. The van der Waals surface area contributed by atoms with E-state index in [1.807, 2.05) is 25.1 Å². The Balaban J connectivity index is 1.38. The van der Waals surface area contributed by atoms with Crippen LogP contribution < -0.4 is 10.3 Å². The van der Waals surface area contributed by atoms with Crippen molar-refractivity contribution in [2.24, 2.45) is 0 Å². The minimum atomic E-state index is 0.0540. The molecular formula is C21H24N4O2. The van der Waals surface area contributed by atoms with Crippen LogP contribution in [0.3, 0.4) is 0 Å². The molecule has 27 heavy (non-hydrogen) atoms. The highest BCUT2D eigenvalue weighted by Crippen LogP contribution is 2.39. The second kappa shape index (κ2) is 6.53. The highest BCUT2D eigenvalue weighted by atomic mass is 16.5. The number of hydrogen-bond acceptors (Lipinski definition) is 4. The lowest BCUT2D eigenvalue weighted by Crippen LogP contribution is -2.36. The van der Waals surface area contributed by atoms with Crippen molar-refractivity contribution < 1.29 is 4.74 Å². The summed E-state index contributed by atoms with van der Waals surface area (Å²) in [6, 6.07) is 10.3. The molecule has 1 fully saturated rings. The van der Waals surface area contributed by atoms with E-state index in [0.29, 0.717) is 19.1 Å². The molecule has 2 aromatic heterocycles. The van der Waals surface area contributed by atoms with E-state index < -0.39 is 0 Å². The van der Waals surface area contributed by atoms with E-state index in [0.717, 1.165) is 47.9 Å². The summed E-state index contributed by atoms with van der Waals surface area (Å²) < 4.78 is 7.14. The molecule has 0 unspecified atom stereocenters. The lowest BCUT2D eigenvalue weighted by Gasteiger charge is -2.27. The van der Waals surface area contributed by atoms with Gasteiger partial charge in [-0.1, -0.05) is 12.1 Å². The Morgan fingerprint density at radius 1 is 1.26 bits per heavy atom. The largest absolute Gasteiger partial charge is 0.494 e. The van der Waals surface area contributed by atoms with Gasteiger partial charge in [0.15, 0.2) is 5.65 Å². The Bertz CT molecular complexity index is 1030. The second-order valence-electron chi connectivity index (χ2n) is 7.56. The first-order valence-electron chi connectivity index (χ1n) is 9.79. The van der Waals surface area contributed by atoms with Gasteiger partial charge in [-0.15, -0.1) is 0 Å². The summed E-state index contributed by atoms with van der Waals surface area (Å²) in [5.41, 5.74) is 4.98. The molecule has 1 N–H and O–H groups in total. The molecule has 0 atom stereocenters. The van der Waals surface area contributed by atoms with Crippen LogP contribution in [0.1, 0.15) is 48.2 Å². The Labute approximate surface area is 157 Å². The highest BCUT2D eigenvalue weighted by Gasteiger charge is 2.27. The fourth-order valence-electron chi connectivity index (χ4n) is 3.91. The molecule has 2 aliphatic rings. The van der Waals surface area contributed by atoms with Crippen molar-refractivity contribution in [3.05, 3.63) is 63.2 Å². The maximum absolute atomic E-state index is 13.0. The van der Waals surface area contributed by atoms with Gasteiger partial charge in [0.05, 0.1) is 17.9 Å². The van der Waals surface area contributed by atoms with E-state index in [-0.39, 0.29) is 5.56 Å². The van der Waals surface area contributed by atoms with E-state index in [1.54, 1.807) is 4.52 Å². The van der Waals surface area contributed by atoms with Gasteiger partial charge in [-0.2, -0.15) is 0 Å². The van der Waals surface area contributed by atoms with Gasteiger partial charge < -0.3 is 4.74 Å². The van der Waals surface area contributed by atoms with E-state index in [4.69, 9.17) is 9.72 Å². The van der Waals surface area contributed by atoms with Gasteiger partial charge in [0.2, 0.25) is 0 Å². The number of ether oxygens (including phenoxy) is 1. The third kappa shape index (κ3) is 3.14. The zero-order valence-electron chi connectivity index (χ0n) is 15.6. The number of nitrogens with one attached hydrogen (secondary N) is 1. The van der Waals surface area contributed by atoms with Gasteiger partial charge in [-0.05, 0) is 37.5 Å². The molecule has 6 heteroatoms. The Morgan fingerprint density at radius 2 is 2.07 bits per heavy atom. The van der Waals surface area contributed by atoms with Crippen molar-refractivity contribution in [1.82, 2.24) is 19.5 Å². The van der Waals surface area contributed by atoms with Crippen LogP contribution >= 0.6 is 0 Å². The van der Waals surface area contributed by atoms with E-state index in [2.05, 4.69) is 22.1 Å². The first-order valence-corrected chi connectivity index (χ1v) is 9.79. The lowest BCUT2D eigenvalue weighted by atomic mass is 10.1. The van der Waals surface area contributed by atoms with Crippen LogP contribution in [0.2, 0.25) is 0 Å². The summed E-state index contributed by atoms with van der Waals surface area (Å²) in [5.74, 6) is 1.48. The molecule has 0 saturated heterocycles. The fourth-order valence-corrected chi connectivity index (χ4v) is 3.91. The predicted molar refractivity (Wildman–Crippen MR) is 103 cm³/mol. The van der Waals surface area contributed by atoms with Gasteiger partial charge in [-0.3, -0.25) is 14.8 Å². The van der Waals surface area contributed by atoms with Crippen LogP contribution in [0, 0.1) is 0 Å².